The number of hydrogen-bond donors (Lipinski definition) is 1. The maximum atomic E-state index is 13.7. The summed E-state index contributed by atoms with van der Waals surface area (Å²) >= 11 is 3.21. The molecular formula is C13H15BrFNO2. The molecule has 0 amide bonds. The highest BCUT2D eigenvalue weighted by atomic mass is 79.9. The van der Waals surface area contributed by atoms with Crippen molar-refractivity contribution >= 4 is 21.9 Å². The van der Waals surface area contributed by atoms with Crippen LogP contribution in [0.3, 0.4) is 0 Å². The first kappa shape index (κ1) is 13.5. The molecule has 1 fully saturated rings. The summed E-state index contributed by atoms with van der Waals surface area (Å²) in [7, 11) is 0. The second-order valence-electron chi connectivity index (χ2n) is 4.56. The number of rotatable bonds is 3. The summed E-state index contributed by atoms with van der Waals surface area (Å²) in [5.74, 6) is -1.11. The Morgan fingerprint density at radius 2 is 2.28 bits per heavy atom. The minimum Gasteiger partial charge on any atom is -0.480 e. The molecule has 2 rings (SSSR count). The van der Waals surface area contributed by atoms with Crippen molar-refractivity contribution < 1.29 is 14.3 Å². The van der Waals surface area contributed by atoms with Gasteiger partial charge in [-0.25, -0.2) is 4.39 Å². The van der Waals surface area contributed by atoms with E-state index in [2.05, 4.69) is 15.9 Å². The number of aliphatic carboxylic acids is 1. The Bertz CT molecular complexity index is 453. The van der Waals surface area contributed by atoms with Crippen molar-refractivity contribution in [2.45, 2.75) is 31.8 Å². The first-order chi connectivity index (χ1) is 8.58. The molecule has 0 spiro atoms. The van der Waals surface area contributed by atoms with Crippen molar-refractivity contribution in [3.05, 3.63) is 34.1 Å². The number of carboxylic acid groups (broad SMARTS) is 1. The Hall–Kier alpha value is -0.940. The molecule has 0 radical (unpaired) electrons. The molecule has 1 atom stereocenters. The van der Waals surface area contributed by atoms with E-state index in [4.69, 9.17) is 5.11 Å². The molecule has 0 bridgehead atoms. The van der Waals surface area contributed by atoms with Gasteiger partial charge in [-0.2, -0.15) is 0 Å². The Balaban J connectivity index is 2.13. The van der Waals surface area contributed by atoms with Gasteiger partial charge in [0.2, 0.25) is 0 Å². The van der Waals surface area contributed by atoms with Gasteiger partial charge >= 0.3 is 5.97 Å². The largest absolute Gasteiger partial charge is 0.480 e. The van der Waals surface area contributed by atoms with Crippen LogP contribution >= 0.6 is 15.9 Å². The van der Waals surface area contributed by atoms with Crippen LogP contribution in [0.5, 0.6) is 0 Å². The summed E-state index contributed by atoms with van der Waals surface area (Å²) < 4.78 is 14.4. The van der Waals surface area contributed by atoms with Crippen LogP contribution < -0.4 is 0 Å². The highest BCUT2D eigenvalue weighted by Crippen LogP contribution is 2.22. The fourth-order valence-corrected chi connectivity index (χ4v) is 2.66. The van der Waals surface area contributed by atoms with Crippen LogP contribution in [0, 0.1) is 5.82 Å². The molecule has 1 aromatic carbocycles. The van der Waals surface area contributed by atoms with Crippen LogP contribution in [-0.4, -0.2) is 28.6 Å². The molecule has 18 heavy (non-hydrogen) atoms. The average molecular weight is 316 g/mol. The van der Waals surface area contributed by atoms with Gasteiger partial charge in [0.1, 0.15) is 11.9 Å². The van der Waals surface area contributed by atoms with Crippen LogP contribution in [0.15, 0.2) is 22.7 Å². The first-order valence-electron chi connectivity index (χ1n) is 5.98. The molecule has 0 aliphatic carbocycles. The van der Waals surface area contributed by atoms with Crippen molar-refractivity contribution in [3.63, 3.8) is 0 Å². The van der Waals surface area contributed by atoms with E-state index in [1.807, 2.05) is 4.90 Å². The standard InChI is InChI=1S/C13H15BrFNO2/c14-10-5-4-9(11(15)7-10)8-16-6-2-1-3-12(16)13(17)18/h4-5,7,12H,1-3,6,8H2,(H,17,18). The van der Waals surface area contributed by atoms with E-state index in [1.165, 1.54) is 6.07 Å². The summed E-state index contributed by atoms with van der Waals surface area (Å²) in [5.41, 5.74) is 0.548. The number of carboxylic acids is 1. The number of benzene rings is 1. The van der Waals surface area contributed by atoms with Crippen molar-refractivity contribution in [1.82, 2.24) is 4.90 Å². The normalized spacial score (nSPS) is 20.9. The van der Waals surface area contributed by atoms with Gasteiger partial charge in [0, 0.05) is 16.6 Å². The Labute approximate surface area is 114 Å². The third-order valence-electron chi connectivity index (χ3n) is 3.29. The van der Waals surface area contributed by atoms with Crippen molar-refractivity contribution in [2.75, 3.05) is 6.54 Å². The fraction of sp³-hybridized carbons (Fsp3) is 0.462. The van der Waals surface area contributed by atoms with Crippen molar-refractivity contribution in [1.29, 1.82) is 0 Å². The van der Waals surface area contributed by atoms with Gasteiger partial charge < -0.3 is 5.11 Å². The lowest BCUT2D eigenvalue weighted by Crippen LogP contribution is -2.44. The van der Waals surface area contributed by atoms with Gasteiger partial charge in [-0.15, -0.1) is 0 Å². The van der Waals surface area contributed by atoms with Gasteiger partial charge in [-0.3, -0.25) is 9.69 Å². The molecule has 1 aliphatic rings. The van der Waals surface area contributed by atoms with E-state index in [0.717, 1.165) is 12.8 Å². The van der Waals surface area contributed by atoms with Crippen LogP contribution in [0.2, 0.25) is 0 Å². The summed E-state index contributed by atoms with van der Waals surface area (Å²) in [5, 5.41) is 9.16. The summed E-state index contributed by atoms with van der Waals surface area (Å²) in [6, 6.07) is 4.40. The molecule has 1 aliphatic heterocycles. The van der Waals surface area contributed by atoms with Crippen LogP contribution in [0.1, 0.15) is 24.8 Å². The molecule has 0 aromatic heterocycles. The van der Waals surface area contributed by atoms with Gasteiger partial charge in [0.15, 0.2) is 0 Å². The predicted molar refractivity (Wildman–Crippen MR) is 69.8 cm³/mol. The monoisotopic (exact) mass is 315 g/mol. The zero-order valence-electron chi connectivity index (χ0n) is 9.90. The average Bonchev–Trinajstić information content (AvgIpc) is 2.33. The zero-order valence-corrected chi connectivity index (χ0v) is 11.5. The van der Waals surface area contributed by atoms with Gasteiger partial charge in [-0.05, 0) is 31.5 Å². The third-order valence-corrected chi connectivity index (χ3v) is 3.78. The van der Waals surface area contributed by atoms with Crippen molar-refractivity contribution in [3.8, 4) is 0 Å². The molecule has 0 saturated carbocycles. The van der Waals surface area contributed by atoms with E-state index in [0.29, 0.717) is 29.5 Å². The zero-order chi connectivity index (χ0) is 13.1. The number of likely N-dealkylation sites (tertiary alicyclic amines) is 1. The first-order valence-corrected chi connectivity index (χ1v) is 6.78. The predicted octanol–water partition coefficient (Wildman–Crippen LogP) is 3.03. The van der Waals surface area contributed by atoms with E-state index >= 15 is 0 Å². The molecule has 5 heteroatoms. The SMILES string of the molecule is O=C(O)C1CCCCN1Cc1ccc(Br)cc1F. The number of nitrogens with zero attached hydrogens (tertiary/aromatic N) is 1. The molecular weight excluding hydrogens is 301 g/mol. The van der Waals surface area contributed by atoms with Crippen LogP contribution in [0.4, 0.5) is 4.39 Å². The van der Waals surface area contributed by atoms with Crippen LogP contribution in [0.25, 0.3) is 0 Å². The maximum Gasteiger partial charge on any atom is 0.320 e. The summed E-state index contributed by atoms with van der Waals surface area (Å²) in [6.07, 6.45) is 2.55. The quantitative estimate of drug-likeness (QED) is 0.932. The molecule has 1 aromatic rings. The third kappa shape index (κ3) is 3.09. The topological polar surface area (TPSA) is 40.5 Å². The number of carbonyl (C=O) groups is 1. The Morgan fingerprint density at radius 3 is 2.94 bits per heavy atom. The van der Waals surface area contributed by atoms with E-state index in [-0.39, 0.29) is 5.82 Å². The fourth-order valence-electron chi connectivity index (χ4n) is 2.33. The Morgan fingerprint density at radius 1 is 1.50 bits per heavy atom. The lowest BCUT2D eigenvalue weighted by atomic mass is 10.0. The molecule has 1 heterocycles. The minimum atomic E-state index is -0.813. The second kappa shape index (κ2) is 5.80. The minimum absolute atomic E-state index is 0.293. The number of piperidine rings is 1. The van der Waals surface area contributed by atoms with Gasteiger partial charge in [0.05, 0.1) is 0 Å². The summed E-state index contributed by atoms with van der Waals surface area (Å²) in [4.78, 5) is 13.0. The molecule has 98 valence electrons. The lowest BCUT2D eigenvalue weighted by Gasteiger charge is -2.32. The number of halogens is 2. The maximum absolute atomic E-state index is 13.7. The highest BCUT2D eigenvalue weighted by molar-refractivity contribution is 9.10. The number of hydrogen-bond acceptors (Lipinski definition) is 2. The summed E-state index contributed by atoms with van der Waals surface area (Å²) in [6.45, 7) is 1.07. The van der Waals surface area contributed by atoms with Gasteiger partial charge in [-0.1, -0.05) is 28.4 Å². The van der Waals surface area contributed by atoms with E-state index in [1.54, 1.807) is 12.1 Å². The second-order valence-corrected chi connectivity index (χ2v) is 5.47. The Kier molecular flexibility index (Phi) is 4.35. The molecule has 1 N–H and O–H groups in total. The van der Waals surface area contributed by atoms with E-state index in [9.17, 15) is 9.18 Å². The van der Waals surface area contributed by atoms with Crippen LogP contribution in [-0.2, 0) is 11.3 Å². The van der Waals surface area contributed by atoms with Gasteiger partial charge in [0.25, 0.3) is 0 Å². The molecule has 1 saturated heterocycles. The molecule has 1 unspecified atom stereocenters. The van der Waals surface area contributed by atoms with Crippen molar-refractivity contribution in [2.24, 2.45) is 0 Å². The lowest BCUT2D eigenvalue weighted by molar-refractivity contribution is -0.144. The molecule has 3 nitrogen and oxygen atoms in total. The highest BCUT2D eigenvalue weighted by Gasteiger charge is 2.28. The smallest absolute Gasteiger partial charge is 0.320 e. The van der Waals surface area contributed by atoms with E-state index < -0.39 is 12.0 Å².